The van der Waals surface area contributed by atoms with Gasteiger partial charge in [0.15, 0.2) is 0 Å². The van der Waals surface area contributed by atoms with Gasteiger partial charge in [-0.15, -0.1) is 0 Å². The van der Waals surface area contributed by atoms with Gasteiger partial charge in [-0.2, -0.15) is 0 Å². The van der Waals surface area contributed by atoms with Crippen molar-refractivity contribution < 1.29 is 29.0 Å². The van der Waals surface area contributed by atoms with Gasteiger partial charge in [-0.25, -0.2) is 0 Å². The van der Waals surface area contributed by atoms with Crippen LogP contribution in [-0.2, 0) is 33.7 Å². The van der Waals surface area contributed by atoms with E-state index in [1.165, 1.54) is 42.5 Å². The second-order valence-corrected chi connectivity index (χ2v) is 17.9. The first-order valence-corrected chi connectivity index (χ1v) is 22.9. The lowest BCUT2D eigenvalue weighted by Gasteiger charge is -2.49. The molecule has 0 saturated carbocycles. The Morgan fingerprint density at radius 2 is 1.61 bits per heavy atom. The normalized spacial score (nSPS) is 21.6. The summed E-state index contributed by atoms with van der Waals surface area (Å²) in [6.07, 6.45) is 10.6. The summed E-state index contributed by atoms with van der Waals surface area (Å²) >= 11 is 0. The zero-order valence-corrected chi connectivity index (χ0v) is 36.3. The van der Waals surface area contributed by atoms with Crippen molar-refractivity contribution in [1.29, 1.82) is 0 Å². The Balaban J connectivity index is 0.000000256. The van der Waals surface area contributed by atoms with Gasteiger partial charge < -0.3 is 29.3 Å². The molecule has 62 heavy (non-hydrogen) atoms. The van der Waals surface area contributed by atoms with E-state index in [0.29, 0.717) is 43.2 Å². The summed E-state index contributed by atoms with van der Waals surface area (Å²) in [5.41, 5.74) is 6.87. The number of anilines is 2. The number of carbonyl (C=O) groups is 3. The highest BCUT2D eigenvalue weighted by Gasteiger charge is 2.42. The first-order chi connectivity index (χ1) is 30.3. The van der Waals surface area contributed by atoms with E-state index < -0.39 is 0 Å². The second kappa shape index (κ2) is 20.2. The largest absolute Gasteiger partial charge is 0.508 e. The standard InChI is InChI=1S/C35H45N5O5.C10H12O.C6H6/c1-25(7-10-32(42)36-24-41)40-21-30-29(34(40)43)8-9-31-33(30)44-23-28-20-37(17-18-39(28)31)19-26-11-12-35(45-22-26)13-15-38(16-14-35)27-5-3-2-4-6-27;11-10-6-5-8-3-1-2-4-9(8)7-10;1-2-4-6-5-3-1/h2-6,8-9,24-26,28H,7,10-23H2,1H3,(H,36,41,42);5-7,11H,1-4H2;1-6H. The molecule has 0 aromatic heterocycles. The first-order valence-electron chi connectivity index (χ1n) is 22.9. The zero-order valence-electron chi connectivity index (χ0n) is 36.3. The number of hydrogen-bond donors (Lipinski definition) is 2. The Bertz CT molecular complexity index is 2090. The number of piperidine rings is 1. The molecule has 10 rings (SSSR count). The number of piperazine rings is 1. The van der Waals surface area contributed by atoms with Crippen LogP contribution in [0.15, 0.2) is 97.1 Å². The van der Waals surface area contributed by atoms with Gasteiger partial charge >= 0.3 is 0 Å². The van der Waals surface area contributed by atoms with Crippen LogP contribution < -0.4 is 19.9 Å². The van der Waals surface area contributed by atoms with Crippen LogP contribution in [0.3, 0.4) is 0 Å². The van der Waals surface area contributed by atoms with Gasteiger partial charge in [0.2, 0.25) is 12.3 Å². The van der Waals surface area contributed by atoms with Gasteiger partial charge in [0.1, 0.15) is 18.1 Å². The molecule has 5 aliphatic heterocycles. The van der Waals surface area contributed by atoms with Crippen molar-refractivity contribution in [3.05, 3.63) is 119 Å². The van der Waals surface area contributed by atoms with Gasteiger partial charge in [0.25, 0.3) is 5.91 Å². The number of nitrogens with one attached hydrogen (secondary N) is 1. The number of para-hydroxylation sites is 1. The van der Waals surface area contributed by atoms with Crippen LogP contribution in [0.4, 0.5) is 11.4 Å². The molecular weight excluding hydrogens is 779 g/mol. The van der Waals surface area contributed by atoms with Crippen LogP contribution in [0.1, 0.15) is 85.3 Å². The fourth-order valence-electron chi connectivity index (χ4n) is 10.2. The van der Waals surface area contributed by atoms with Crippen LogP contribution in [-0.4, -0.2) is 103 Å². The maximum atomic E-state index is 13.3. The van der Waals surface area contributed by atoms with E-state index in [2.05, 4.69) is 56.4 Å². The zero-order chi connectivity index (χ0) is 42.9. The lowest BCUT2D eigenvalue weighted by Crippen LogP contribution is -2.58. The molecule has 3 unspecified atom stereocenters. The topological polar surface area (TPSA) is 115 Å². The molecule has 3 amide bonds. The number of imide groups is 1. The summed E-state index contributed by atoms with van der Waals surface area (Å²) in [6, 6.07) is 32.6. The predicted molar refractivity (Wildman–Crippen MR) is 243 cm³/mol. The third-order valence-electron chi connectivity index (χ3n) is 13.8. The number of benzene rings is 4. The lowest BCUT2D eigenvalue weighted by molar-refractivity contribution is -0.125. The van der Waals surface area contributed by atoms with E-state index in [-0.39, 0.29) is 35.9 Å². The number of aromatic hydroxyl groups is 1. The van der Waals surface area contributed by atoms with Gasteiger partial charge in [-0.3, -0.25) is 24.6 Å². The number of phenolic OH excluding ortho intramolecular Hbond substituents is 1. The Kier molecular flexibility index (Phi) is 14.1. The molecule has 5 heterocycles. The predicted octanol–water partition coefficient (Wildman–Crippen LogP) is 7.39. The summed E-state index contributed by atoms with van der Waals surface area (Å²) in [7, 11) is 0. The van der Waals surface area contributed by atoms with E-state index in [0.717, 1.165) is 88.6 Å². The molecule has 3 fully saturated rings. The molecule has 1 aliphatic carbocycles. The molecule has 0 bridgehead atoms. The fraction of sp³-hybridized carbons (Fsp3) is 0.471. The molecule has 11 heteroatoms. The number of aryl methyl sites for hydroxylation is 2. The van der Waals surface area contributed by atoms with E-state index in [4.69, 9.17) is 9.47 Å². The minimum absolute atomic E-state index is 0.0233. The molecule has 3 saturated heterocycles. The Labute approximate surface area is 367 Å². The van der Waals surface area contributed by atoms with E-state index >= 15 is 0 Å². The highest BCUT2D eigenvalue weighted by molar-refractivity contribution is 6.00. The minimum Gasteiger partial charge on any atom is -0.508 e. The SMILES string of the molecule is CC(CCC(=O)NC=O)N1Cc2c(ccc3c2OCC2CN(CC4CCC5(CCN(c6ccccc6)CC5)OC4)CCN32)C1=O.Oc1ccc2c(c1)CCCC2.c1ccccc1. The molecule has 4 aromatic rings. The molecule has 4 aromatic carbocycles. The van der Waals surface area contributed by atoms with E-state index in [1.54, 1.807) is 6.07 Å². The first kappa shape index (κ1) is 43.3. The molecule has 328 valence electrons. The maximum Gasteiger partial charge on any atom is 0.254 e. The highest BCUT2D eigenvalue weighted by Crippen LogP contribution is 2.44. The number of fused-ring (bicyclic) bond motifs is 6. The molecule has 11 nitrogen and oxygen atoms in total. The van der Waals surface area contributed by atoms with Crippen molar-refractivity contribution in [2.45, 2.75) is 95.4 Å². The summed E-state index contributed by atoms with van der Waals surface area (Å²) < 4.78 is 13.1. The maximum absolute atomic E-state index is 13.3. The van der Waals surface area contributed by atoms with Gasteiger partial charge in [0.05, 0.1) is 30.5 Å². The van der Waals surface area contributed by atoms with Crippen LogP contribution in [0.2, 0.25) is 0 Å². The Morgan fingerprint density at radius 1 is 0.887 bits per heavy atom. The Morgan fingerprint density at radius 3 is 2.32 bits per heavy atom. The number of amides is 3. The minimum atomic E-state index is -0.327. The lowest BCUT2D eigenvalue weighted by atomic mass is 9.81. The molecule has 1 spiro atoms. The number of hydrogen-bond acceptors (Lipinski definition) is 9. The second-order valence-electron chi connectivity index (χ2n) is 17.9. The van der Waals surface area contributed by atoms with Crippen molar-refractivity contribution in [1.82, 2.24) is 15.1 Å². The summed E-state index contributed by atoms with van der Waals surface area (Å²) in [5.74, 6) is 1.46. The van der Waals surface area contributed by atoms with E-state index in [9.17, 15) is 19.5 Å². The average Bonchev–Trinajstić information content (AvgIpc) is 3.66. The molecule has 0 radical (unpaired) electrons. The monoisotopic (exact) mass is 841 g/mol. The number of nitrogens with zero attached hydrogens (tertiary/aromatic N) is 4. The number of carbonyl (C=O) groups excluding carboxylic acids is 3. The van der Waals surface area contributed by atoms with Crippen molar-refractivity contribution >= 4 is 29.6 Å². The third kappa shape index (κ3) is 10.3. The van der Waals surface area contributed by atoms with E-state index in [1.807, 2.05) is 66.4 Å². The number of phenols is 1. The summed E-state index contributed by atoms with van der Waals surface area (Å²) in [4.78, 5) is 44.9. The fourth-order valence-corrected chi connectivity index (χ4v) is 10.2. The van der Waals surface area contributed by atoms with Crippen molar-refractivity contribution in [3.8, 4) is 11.5 Å². The van der Waals surface area contributed by atoms with Gasteiger partial charge in [-0.1, -0.05) is 60.7 Å². The van der Waals surface area contributed by atoms with Crippen molar-refractivity contribution in [2.24, 2.45) is 5.92 Å². The van der Waals surface area contributed by atoms with Crippen LogP contribution >= 0.6 is 0 Å². The van der Waals surface area contributed by atoms with Crippen molar-refractivity contribution in [3.63, 3.8) is 0 Å². The average molecular weight is 842 g/mol. The van der Waals surface area contributed by atoms with Crippen LogP contribution in [0.25, 0.3) is 0 Å². The van der Waals surface area contributed by atoms with Crippen LogP contribution in [0, 0.1) is 5.92 Å². The molecule has 3 atom stereocenters. The summed E-state index contributed by atoms with van der Waals surface area (Å²) in [6.45, 7) is 10.0. The highest BCUT2D eigenvalue weighted by atomic mass is 16.5. The Hall–Kier alpha value is -5.39. The number of rotatable bonds is 8. The number of ether oxygens (including phenoxy) is 2. The molecular formula is C51H63N5O6. The molecule has 2 N–H and O–H groups in total. The smallest absolute Gasteiger partial charge is 0.254 e. The van der Waals surface area contributed by atoms with Crippen molar-refractivity contribution in [2.75, 3.05) is 62.3 Å². The quantitative estimate of drug-likeness (QED) is 0.176. The summed E-state index contributed by atoms with van der Waals surface area (Å²) in [5, 5.41) is 11.4. The molecule has 6 aliphatic rings. The third-order valence-corrected chi connectivity index (χ3v) is 13.8. The van der Waals surface area contributed by atoms with Gasteiger partial charge in [0, 0.05) is 68.5 Å². The van der Waals surface area contributed by atoms with Gasteiger partial charge in [-0.05, 0) is 118 Å². The van der Waals surface area contributed by atoms with Crippen LogP contribution in [0.5, 0.6) is 11.5 Å².